The van der Waals surface area contributed by atoms with E-state index in [-0.39, 0.29) is 0 Å². The number of hydrogen-bond acceptors (Lipinski definition) is 0. The average Bonchev–Trinajstić information content (AvgIpc) is 2.21. The van der Waals surface area contributed by atoms with Crippen LogP contribution >= 0.6 is 0 Å². The Hall–Kier alpha value is -1.04. The van der Waals surface area contributed by atoms with Crippen LogP contribution in [0.15, 0.2) is 46.6 Å². The second-order valence-corrected chi connectivity index (χ2v) is 4.29. The van der Waals surface area contributed by atoms with Crippen LogP contribution in [0.4, 0.5) is 0 Å². The Bertz CT molecular complexity index is 314. The van der Waals surface area contributed by atoms with E-state index in [4.69, 9.17) is 0 Å². The van der Waals surface area contributed by atoms with Gasteiger partial charge in [-0.25, -0.2) is 0 Å². The first-order valence-electron chi connectivity index (χ1n) is 5.53. The maximum atomic E-state index is 2.32. The van der Waals surface area contributed by atoms with Crippen LogP contribution in [0.5, 0.6) is 0 Å². The predicted octanol–water partition coefficient (Wildman–Crippen LogP) is 4.32. The molecule has 0 amide bonds. The molecule has 0 aromatic carbocycles. The highest BCUT2D eigenvalue weighted by atomic mass is 14.1. The molecular formula is C14H18. The van der Waals surface area contributed by atoms with Crippen molar-refractivity contribution in [2.24, 2.45) is 0 Å². The van der Waals surface area contributed by atoms with E-state index in [1.54, 1.807) is 11.1 Å². The minimum absolute atomic E-state index is 1.27. The van der Waals surface area contributed by atoms with E-state index in [2.05, 4.69) is 38.2 Å². The third kappa shape index (κ3) is 1.89. The highest BCUT2D eigenvalue weighted by Gasteiger charge is 2.09. The first kappa shape index (κ1) is 9.51. The third-order valence-electron chi connectivity index (χ3n) is 3.25. The molecule has 0 unspecified atom stereocenters. The molecule has 2 aliphatic carbocycles. The molecule has 74 valence electrons. The molecule has 0 radical (unpaired) electrons. The lowest BCUT2D eigenvalue weighted by atomic mass is 9.89. The summed E-state index contributed by atoms with van der Waals surface area (Å²) in [6, 6.07) is 0. The summed E-state index contributed by atoms with van der Waals surface area (Å²) in [6.07, 6.45) is 14.4. The topological polar surface area (TPSA) is 0 Å². The van der Waals surface area contributed by atoms with Crippen molar-refractivity contribution in [2.75, 3.05) is 0 Å². The zero-order chi connectivity index (χ0) is 9.97. The van der Waals surface area contributed by atoms with Crippen LogP contribution < -0.4 is 0 Å². The lowest BCUT2D eigenvalue weighted by Gasteiger charge is -2.17. The van der Waals surface area contributed by atoms with Crippen LogP contribution in [0.1, 0.15) is 39.5 Å². The molecule has 0 fully saturated rings. The van der Waals surface area contributed by atoms with E-state index >= 15 is 0 Å². The Morgan fingerprint density at radius 3 is 1.57 bits per heavy atom. The summed E-state index contributed by atoms with van der Waals surface area (Å²) in [5, 5.41) is 0. The van der Waals surface area contributed by atoms with Crippen LogP contribution in [-0.2, 0) is 0 Å². The van der Waals surface area contributed by atoms with Crippen LogP contribution in [0, 0.1) is 0 Å². The van der Waals surface area contributed by atoms with Gasteiger partial charge in [0.2, 0.25) is 0 Å². The first-order chi connectivity index (χ1) is 6.77. The smallest absolute Gasteiger partial charge is 0.0276 e. The van der Waals surface area contributed by atoms with Gasteiger partial charge in [0.25, 0.3) is 0 Å². The average molecular weight is 186 g/mol. The van der Waals surface area contributed by atoms with Crippen molar-refractivity contribution in [2.45, 2.75) is 39.5 Å². The minimum Gasteiger partial charge on any atom is -0.0588 e. The Morgan fingerprint density at radius 2 is 1.14 bits per heavy atom. The van der Waals surface area contributed by atoms with Gasteiger partial charge in [0.1, 0.15) is 0 Å². The quantitative estimate of drug-likeness (QED) is 0.528. The van der Waals surface area contributed by atoms with Gasteiger partial charge in [-0.05, 0) is 61.8 Å². The monoisotopic (exact) mass is 186 g/mol. The van der Waals surface area contributed by atoms with E-state index in [0.29, 0.717) is 0 Å². The van der Waals surface area contributed by atoms with Crippen molar-refractivity contribution in [3.8, 4) is 0 Å². The zero-order valence-corrected chi connectivity index (χ0v) is 9.14. The molecule has 0 atom stereocenters. The van der Waals surface area contributed by atoms with Crippen molar-refractivity contribution >= 4 is 0 Å². The Kier molecular flexibility index (Phi) is 2.72. The molecule has 0 aliphatic heterocycles. The molecule has 2 rings (SSSR count). The highest BCUT2D eigenvalue weighted by Crippen LogP contribution is 2.28. The molecule has 0 N–H and O–H groups in total. The normalized spacial score (nSPS) is 22.1. The second-order valence-electron chi connectivity index (χ2n) is 4.29. The summed E-state index contributed by atoms with van der Waals surface area (Å²) in [7, 11) is 0. The minimum atomic E-state index is 1.27. The standard InChI is InChI=1S/C14H18/c1-11-7-9-13-5-3-4-6-14(13)10-8-12(11)2/h7-10H,3-6H2,1-2H3. The predicted molar refractivity (Wildman–Crippen MR) is 62.1 cm³/mol. The molecule has 0 bridgehead atoms. The van der Waals surface area contributed by atoms with E-state index in [9.17, 15) is 0 Å². The summed E-state index contributed by atoms with van der Waals surface area (Å²) in [5.74, 6) is 0. The number of rotatable bonds is 0. The van der Waals surface area contributed by atoms with E-state index in [1.165, 1.54) is 36.8 Å². The molecule has 0 spiro atoms. The fourth-order valence-corrected chi connectivity index (χ4v) is 2.05. The van der Waals surface area contributed by atoms with Gasteiger partial charge in [0.05, 0.1) is 0 Å². The Morgan fingerprint density at radius 1 is 0.714 bits per heavy atom. The van der Waals surface area contributed by atoms with Crippen LogP contribution in [0.2, 0.25) is 0 Å². The van der Waals surface area contributed by atoms with Crippen LogP contribution in [0.3, 0.4) is 0 Å². The second kappa shape index (κ2) is 4.00. The van der Waals surface area contributed by atoms with Gasteiger partial charge < -0.3 is 0 Å². The molecular weight excluding hydrogens is 168 g/mol. The number of hydrogen-bond donors (Lipinski definition) is 0. The SMILES string of the molecule is CC1=C(C)C=CC2=C(C=C1)CCCC2. The number of allylic oxidation sites excluding steroid dienone is 8. The van der Waals surface area contributed by atoms with Gasteiger partial charge in [-0.2, -0.15) is 0 Å². The summed E-state index contributed by atoms with van der Waals surface area (Å²) >= 11 is 0. The van der Waals surface area contributed by atoms with Gasteiger partial charge in [0, 0.05) is 0 Å². The fourth-order valence-electron chi connectivity index (χ4n) is 2.05. The van der Waals surface area contributed by atoms with E-state index in [1.807, 2.05) is 0 Å². The molecule has 0 heterocycles. The largest absolute Gasteiger partial charge is 0.0588 e. The highest BCUT2D eigenvalue weighted by molar-refractivity contribution is 5.44. The van der Waals surface area contributed by atoms with Gasteiger partial charge in [-0.3, -0.25) is 0 Å². The van der Waals surface area contributed by atoms with Crippen LogP contribution in [-0.4, -0.2) is 0 Å². The summed E-state index contributed by atoms with van der Waals surface area (Å²) < 4.78 is 0. The molecule has 0 aromatic rings. The molecule has 0 nitrogen and oxygen atoms in total. The first-order valence-corrected chi connectivity index (χ1v) is 5.53. The molecule has 14 heavy (non-hydrogen) atoms. The molecule has 0 aromatic heterocycles. The van der Waals surface area contributed by atoms with Gasteiger partial charge in [0.15, 0.2) is 0 Å². The van der Waals surface area contributed by atoms with Gasteiger partial charge >= 0.3 is 0 Å². The lowest BCUT2D eigenvalue weighted by Crippen LogP contribution is -1.97. The van der Waals surface area contributed by atoms with Crippen molar-refractivity contribution in [1.82, 2.24) is 0 Å². The third-order valence-corrected chi connectivity index (χ3v) is 3.25. The van der Waals surface area contributed by atoms with Crippen molar-refractivity contribution in [3.63, 3.8) is 0 Å². The van der Waals surface area contributed by atoms with E-state index < -0.39 is 0 Å². The Balaban J connectivity index is 2.35. The van der Waals surface area contributed by atoms with Crippen LogP contribution in [0.25, 0.3) is 0 Å². The Labute approximate surface area is 86.7 Å². The fraction of sp³-hybridized carbons (Fsp3) is 0.429. The maximum absolute atomic E-state index is 2.32. The van der Waals surface area contributed by atoms with Crippen molar-refractivity contribution in [1.29, 1.82) is 0 Å². The van der Waals surface area contributed by atoms with Crippen molar-refractivity contribution < 1.29 is 0 Å². The summed E-state index contributed by atoms with van der Waals surface area (Å²) in [6.45, 7) is 4.37. The van der Waals surface area contributed by atoms with E-state index in [0.717, 1.165) is 0 Å². The zero-order valence-electron chi connectivity index (χ0n) is 9.14. The van der Waals surface area contributed by atoms with Crippen molar-refractivity contribution in [3.05, 3.63) is 46.6 Å². The lowest BCUT2D eigenvalue weighted by molar-refractivity contribution is 0.693. The van der Waals surface area contributed by atoms with Gasteiger partial charge in [-0.15, -0.1) is 0 Å². The summed E-state index contributed by atoms with van der Waals surface area (Å²) in [5.41, 5.74) is 5.88. The molecule has 0 heteroatoms. The molecule has 0 saturated carbocycles. The summed E-state index contributed by atoms with van der Waals surface area (Å²) in [4.78, 5) is 0. The molecule has 2 aliphatic rings. The van der Waals surface area contributed by atoms with Gasteiger partial charge in [-0.1, -0.05) is 24.3 Å². The molecule has 0 saturated heterocycles. The maximum Gasteiger partial charge on any atom is -0.0276 e.